The van der Waals surface area contributed by atoms with Crippen molar-refractivity contribution in [2.45, 2.75) is 24.3 Å². The molecule has 4 rings (SSSR count). The third-order valence-corrected chi connectivity index (χ3v) is 7.48. The summed E-state index contributed by atoms with van der Waals surface area (Å²) in [6.07, 6.45) is 1.71. The third-order valence-electron chi connectivity index (χ3n) is 4.84. The lowest BCUT2D eigenvalue weighted by Gasteiger charge is -2.20. The van der Waals surface area contributed by atoms with E-state index in [4.69, 9.17) is 14.2 Å². The zero-order valence-electron chi connectivity index (χ0n) is 15.6. The molecule has 0 radical (unpaired) electrons. The zero-order valence-corrected chi connectivity index (χ0v) is 18.0. The summed E-state index contributed by atoms with van der Waals surface area (Å²) in [6.45, 7) is 1.99. The second-order valence-electron chi connectivity index (χ2n) is 6.80. The van der Waals surface area contributed by atoms with Gasteiger partial charge in [0.15, 0.2) is 11.5 Å². The topological polar surface area (TPSA) is 82.1 Å². The Morgan fingerprint density at radius 2 is 1.76 bits per heavy atom. The highest BCUT2D eigenvalue weighted by molar-refractivity contribution is 9.10. The largest absolute Gasteiger partial charge is 0.486 e. The van der Waals surface area contributed by atoms with E-state index in [1.54, 1.807) is 24.3 Å². The number of ether oxygens (including phenoxy) is 3. The van der Waals surface area contributed by atoms with Crippen molar-refractivity contribution in [2.75, 3.05) is 26.3 Å². The van der Waals surface area contributed by atoms with Crippen LogP contribution in [0.15, 0.2) is 45.8 Å². The summed E-state index contributed by atoms with van der Waals surface area (Å²) in [7, 11) is -3.59. The summed E-state index contributed by atoms with van der Waals surface area (Å²) < 4.78 is 44.1. The van der Waals surface area contributed by atoms with Crippen LogP contribution in [0.3, 0.4) is 0 Å². The van der Waals surface area contributed by atoms with Crippen molar-refractivity contribution < 1.29 is 27.4 Å². The number of benzene rings is 2. The molecular weight excluding hydrogens is 462 g/mol. The van der Waals surface area contributed by atoms with E-state index in [0.29, 0.717) is 37.8 Å². The molecule has 7 nitrogen and oxygen atoms in total. The van der Waals surface area contributed by atoms with Crippen molar-refractivity contribution in [3.63, 3.8) is 0 Å². The molecule has 2 heterocycles. The average molecular weight is 482 g/mol. The number of nitrogens with zero attached hydrogens (tertiary/aromatic N) is 1. The number of carbonyl (C=O) groups excluding carboxylic acids is 1. The first-order valence-corrected chi connectivity index (χ1v) is 11.5. The van der Waals surface area contributed by atoms with Gasteiger partial charge in [0.2, 0.25) is 10.0 Å². The smallest absolute Gasteiger partial charge is 0.338 e. The van der Waals surface area contributed by atoms with Crippen LogP contribution in [-0.4, -0.2) is 45.0 Å². The van der Waals surface area contributed by atoms with E-state index >= 15 is 0 Å². The summed E-state index contributed by atoms with van der Waals surface area (Å²) in [5, 5.41) is 0. The first-order chi connectivity index (χ1) is 13.9. The maximum Gasteiger partial charge on any atom is 0.338 e. The number of halogens is 1. The predicted molar refractivity (Wildman–Crippen MR) is 109 cm³/mol. The monoisotopic (exact) mass is 481 g/mol. The van der Waals surface area contributed by atoms with Gasteiger partial charge in [-0.15, -0.1) is 0 Å². The minimum Gasteiger partial charge on any atom is -0.486 e. The van der Waals surface area contributed by atoms with Crippen LogP contribution in [0.5, 0.6) is 11.5 Å². The SMILES string of the molecule is O=C(OCc1cc2c(cc1Br)OCCO2)c1cccc(S(=O)(=O)N2CCCC2)c1. The maximum atomic E-state index is 12.7. The first kappa shape index (κ1) is 20.2. The van der Waals surface area contributed by atoms with Gasteiger partial charge < -0.3 is 14.2 Å². The fourth-order valence-corrected chi connectivity index (χ4v) is 5.30. The highest BCUT2D eigenvalue weighted by atomic mass is 79.9. The highest BCUT2D eigenvalue weighted by Crippen LogP contribution is 2.36. The molecule has 1 fully saturated rings. The summed E-state index contributed by atoms with van der Waals surface area (Å²) in [4.78, 5) is 12.6. The summed E-state index contributed by atoms with van der Waals surface area (Å²) >= 11 is 3.45. The van der Waals surface area contributed by atoms with Gasteiger partial charge in [-0.3, -0.25) is 0 Å². The van der Waals surface area contributed by atoms with Gasteiger partial charge in [0.1, 0.15) is 19.8 Å². The number of rotatable bonds is 5. The van der Waals surface area contributed by atoms with E-state index in [0.717, 1.165) is 22.9 Å². The lowest BCUT2D eigenvalue weighted by Crippen LogP contribution is -2.28. The summed E-state index contributed by atoms with van der Waals surface area (Å²) in [5.41, 5.74) is 0.919. The number of fused-ring (bicyclic) bond motifs is 1. The van der Waals surface area contributed by atoms with E-state index < -0.39 is 16.0 Å². The number of hydrogen-bond acceptors (Lipinski definition) is 6. The molecule has 0 saturated carbocycles. The fraction of sp³-hybridized carbons (Fsp3) is 0.350. The summed E-state index contributed by atoms with van der Waals surface area (Å²) in [6, 6.07) is 9.52. The molecule has 2 aliphatic heterocycles. The van der Waals surface area contributed by atoms with Gasteiger partial charge in [-0.25, -0.2) is 13.2 Å². The second kappa shape index (κ2) is 8.33. The number of sulfonamides is 1. The lowest BCUT2D eigenvalue weighted by atomic mass is 10.2. The average Bonchev–Trinajstić information content (AvgIpc) is 3.28. The predicted octanol–water partition coefficient (Wildman–Crippen LogP) is 3.36. The van der Waals surface area contributed by atoms with E-state index in [1.807, 2.05) is 0 Å². The molecule has 2 aromatic rings. The highest BCUT2D eigenvalue weighted by Gasteiger charge is 2.27. The molecule has 2 aliphatic rings. The molecular formula is C20H20BrNO6S. The molecule has 0 bridgehead atoms. The van der Waals surface area contributed by atoms with Crippen LogP contribution in [0.2, 0.25) is 0 Å². The Morgan fingerprint density at radius 3 is 2.48 bits per heavy atom. The van der Waals surface area contributed by atoms with Gasteiger partial charge in [-0.05, 0) is 43.2 Å². The second-order valence-corrected chi connectivity index (χ2v) is 9.59. The van der Waals surface area contributed by atoms with E-state index in [1.165, 1.54) is 16.4 Å². The van der Waals surface area contributed by atoms with Gasteiger partial charge in [-0.1, -0.05) is 22.0 Å². The Hall–Kier alpha value is -2.10. The van der Waals surface area contributed by atoms with E-state index in [9.17, 15) is 13.2 Å². The van der Waals surface area contributed by atoms with Crippen molar-refractivity contribution >= 4 is 31.9 Å². The van der Waals surface area contributed by atoms with Gasteiger partial charge >= 0.3 is 5.97 Å². The molecule has 0 unspecified atom stereocenters. The van der Waals surface area contributed by atoms with Gasteiger partial charge in [0.05, 0.1) is 10.5 Å². The molecule has 29 heavy (non-hydrogen) atoms. The number of hydrogen-bond donors (Lipinski definition) is 0. The number of esters is 1. The van der Waals surface area contributed by atoms with E-state index in [2.05, 4.69) is 15.9 Å². The van der Waals surface area contributed by atoms with Gasteiger partial charge in [-0.2, -0.15) is 4.31 Å². The molecule has 1 saturated heterocycles. The molecule has 0 aromatic heterocycles. The van der Waals surface area contributed by atoms with E-state index in [-0.39, 0.29) is 17.1 Å². The number of carbonyl (C=O) groups is 1. The summed E-state index contributed by atoms with van der Waals surface area (Å²) in [5.74, 6) is 0.646. The maximum absolute atomic E-state index is 12.7. The third kappa shape index (κ3) is 4.26. The van der Waals surface area contributed by atoms with Gasteiger partial charge in [0, 0.05) is 23.1 Å². The van der Waals surface area contributed by atoms with Crippen LogP contribution < -0.4 is 9.47 Å². The quantitative estimate of drug-likeness (QED) is 0.608. The molecule has 0 N–H and O–H groups in total. The van der Waals surface area contributed by atoms with Crippen molar-refractivity contribution in [3.05, 3.63) is 52.0 Å². The Morgan fingerprint density at radius 1 is 1.07 bits per heavy atom. The molecule has 0 atom stereocenters. The zero-order chi connectivity index (χ0) is 20.4. The first-order valence-electron chi connectivity index (χ1n) is 9.30. The lowest BCUT2D eigenvalue weighted by molar-refractivity contribution is 0.0471. The normalized spacial score (nSPS) is 16.6. The Labute approximate surface area is 177 Å². The molecule has 2 aromatic carbocycles. The standard InChI is InChI=1S/C20H20BrNO6S/c21-17-12-19-18(26-8-9-27-19)11-15(17)13-28-20(23)14-4-3-5-16(10-14)29(24,25)22-6-1-2-7-22/h3-5,10-12H,1-2,6-9,13H2. The van der Waals surface area contributed by atoms with Crippen LogP contribution >= 0.6 is 15.9 Å². The molecule has 0 spiro atoms. The minimum absolute atomic E-state index is 0.0131. The van der Waals surface area contributed by atoms with Crippen molar-refractivity contribution in [3.8, 4) is 11.5 Å². The fourth-order valence-electron chi connectivity index (χ4n) is 3.30. The van der Waals surface area contributed by atoms with Crippen molar-refractivity contribution in [1.82, 2.24) is 4.31 Å². The Balaban J connectivity index is 1.48. The van der Waals surface area contributed by atoms with Crippen LogP contribution in [-0.2, 0) is 21.4 Å². The van der Waals surface area contributed by atoms with Gasteiger partial charge in [0.25, 0.3) is 0 Å². The van der Waals surface area contributed by atoms with Crippen molar-refractivity contribution in [1.29, 1.82) is 0 Å². The molecule has 154 valence electrons. The van der Waals surface area contributed by atoms with Crippen LogP contribution in [0.4, 0.5) is 0 Å². The van der Waals surface area contributed by atoms with Crippen LogP contribution in [0.1, 0.15) is 28.8 Å². The Bertz CT molecular complexity index is 1030. The molecule has 0 amide bonds. The molecule has 9 heteroatoms. The Kier molecular flexibility index (Phi) is 5.80. The van der Waals surface area contributed by atoms with Crippen LogP contribution in [0, 0.1) is 0 Å². The van der Waals surface area contributed by atoms with Crippen LogP contribution in [0.25, 0.3) is 0 Å². The minimum atomic E-state index is -3.59. The van der Waals surface area contributed by atoms with Crippen molar-refractivity contribution in [2.24, 2.45) is 0 Å². The molecule has 0 aliphatic carbocycles.